The molecule has 1 atom stereocenters. The third-order valence-corrected chi connectivity index (χ3v) is 9.15. The monoisotopic (exact) mass is 317 g/mol. The number of nitrogens with one attached hydrogen (secondary N) is 1. The normalized spacial score (nSPS) is 19.6. The maximum absolute atomic E-state index is 12.0. The third kappa shape index (κ3) is 4.08. The van der Waals surface area contributed by atoms with Gasteiger partial charge in [0, 0.05) is 18.2 Å². The Labute approximate surface area is 134 Å². The summed E-state index contributed by atoms with van der Waals surface area (Å²) in [7, 11) is -1.78. The van der Waals surface area contributed by atoms with Gasteiger partial charge >= 0.3 is 0 Å². The molecule has 0 saturated heterocycles. The minimum atomic E-state index is -1.78. The van der Waals surface area contributed by atoms with Crippen LogP contribution in [0, 0.1) is 0 Å². The first-order chi connectivity index (χ1) is 10.2. The minimum absolute atomic E-state index is 0.0573. The van der Waals surface area contributed by atoms with Crippen LogP contribution in [0.3, 0.4) is 0 Å². The van der Waals surface area contributed by atoms with E-state index in [1.807, 2.05) is 30.3 Å². The molecule has 1 aliphatic heterocycles. The first-order valence-electron chi connectivity index (χ1n) is 7.89. The van der Waals surface area contributed by atoms with Crippen molar-refractivity contribution < 1.29 is 9.22 Å². The molecule has 0 aromatic heterocycles. The minimum Gasteiger partial charge on any atom is -0.415 e. The standard InChI is InChI=1S/C18H27NO2Si/c1-18(2,3)22(4,5)21-13-15-11-16(20)12-17(19-15)14-9-7-6-8-10-14/h6-10,12,15,19H,11,13H2,1-5H3/t15-/m1/s1. The SMILES string of the molecule is CC(C)(C)[Si](C)(C)OC[C@H]1CC(=O)C=C(c2ccccc2)N1. The summed E-state index contributed by atoms with van der Waals surface area (Å²) in [4.78, 5) is 12.0. The highest BCUT2D eigenvalue weighted by atomic mass is 28.4. The van der Waals surface area contributed by atoms with Gasteiger partial charge in [-0.15, -0.1) is 0 Å². The molecular formula is C18H27NO2Si. The summed E-state index contributed by atoms with van der Waals surface area (Å²) in [5.74, 6) is 0.168. The van der Waals surface area contributed by atoms with Crippen LogP contribution in [0.25, 0.3) is 5.70 Å². The Balaban J connectivity index is 2.03. The van der Waals surface area contributed by atoms with Gasteiger partial charge in [0.15, 0.2) is 14.1 Å². The molecule has 0 amide bonds. The number of hydrogen-bond donors (Lipinski definition) is 1. The number of carbonyl (C=O) groups excluding carboxylic acids is 1. The molecule has 0 unspecified atom stereocenters. The van der Waals surface area contributed by atoms with Gasteiger partial charge in [-0.3, -0.25) is 4.79 Å². The molecule has 2 rings (SSSR count). The van der Waals surface area contributed by atoms with E-state index in [1.54, 1.807) is 6.08 Å². The summed E-state index contributed by atoms with van der Waals surface area (Å²) in [6.07, 6.45) is 2.21. The zero-order valence-electron chi connectivity index (χ0n) is 14.3. The van der Waals surface area contributed by atoms with E-state index in [0.717, 1.165) is 11.3 Å². The van der Waals surface area contributed by atoms with Crippen molar-refractivity contribution in [2.24, 2.45) is 0 Å². The summed E-state index contributed by atoms with van der Waals surface area (Å²) < 4.78 is 6.26. The largest absolute Gasteiger partial charge is 0.415 e. The van der Waals surface area contributed by atoms with Crippen LogP contribution in [-0.2, 0) is 9.22 Å². The van der Waals surface area contributed by atoms with Crippen molar-refractivity contribution >= 4 is 19.8 Å². The van der Waals surface area contributed by atoms with E-state index in [0.29, 0.717) is 13.0 Å². The molecule has 22 heavy (non-hydrogen) atoms. The predicted octanol–water partition coefficient (Wildman–Crippen LogP) is 3.98. The van der Waals surface area contributed by atoms with Crippen molar-refractivity contribution in [2.45, 2.75) is 51.4 Å². The highest BCUT2D eigenvalue weighted by Crippen LogP contribution is 2.36. The molecule has 1 heterocycles. The van der Waals surface area contributed by atoms with Crippen molar-refractivity contribution in [3.8, 4) is 0 Å². The Hall–Kier alpha value is -1.39. The van der Waals surface area contributed by atoms with Crippen molar-refractivity contribution in [3.05, 3.63) is 42.0 Å². The molecule has 4 heteroatoms. The fourth-order valence-electron chi connectivity index (χ4n) is 2.19. The Morgan fingerprint density at radius 2 is 1.86 bits per heavy atom. The lowest BCUT2D eigenvalue weighted by atomic mass is 10.0. The van der Waals surface area contributed by atoms with Gasteiger partial charge < -0.3 is 9.74 Å². The van der Waals surface area contributed by atoms with Gasteiger partial charge in [0.2, 0.25) is 0 Å². The van der Waals surface area contributed by atoms with Crippen LogP contribution in [0.15, 0.2) is 36.4 Å². The lowest BCUT2D eigenvalue weighted by Crippen LogP contribution is -2.46. The van der Waals surface area contributed by atoms with Gasteiger partial charge in [-0.25, -0.2) is 0 Å². The van der Waals surface area contributed by atoms with Gasteiger partial charge in [0.25, 0.3) is 0 Å². The Bertz CT molecular complexity index is 558. The number of allylic oxidation sites excluding steroid dienone is 1. The molecule has 0 bridgehead atoms. The first kappa shape index (κ1) is 17.0. The second kappa shape index (κ2) is 6.38. The number of hydrogen-bond acceptors (Lipinski definition) is 3. The molecular weight excluding hydrogens is 290 g/mol. The summed E-state index contributed by atoms with van der Waals surface area (Å²) in [6.45, 7) is 11.8. The zero-order valence-corrected chi connectivity index (χ0v) is 15.3. The average Bonchev–Trinajstić information content (AvgIpc) is 2.44. The molecule has 0 aliphatic carbocycles. The number of rotatable bonds is 4. The Kier molecular flexibility index (Phi) is 4.92. The van der Waals surface area contributed by atoms with Crippen LogP contribution < -0.4 is 5.32 Å². The van der Waals surface area contributed by atoms with Gasteiger partial charge in [-0.1, -0.05) is 51.1 Å². The topological polar surface area (TPSA) is 38.3 Å². The number of carbonyl (C=O) groups is 1. The molecule has 3 nitrogen and oxygen atoms in total. The molecule has 1 aliphatic rings. The fraction of sp³-hybridized carbons (Fsp3) is 0.500. The van der Waals surface area contributed by atoms with Crippen molar-refractivity contribution in [1.29, 1.82) is 0 Å². The van der Waals surface area contributed by atoms with Crippen LogP contribution in [-0.4, -0.2) is 26.7 Å². The molecule has 1 N–H and O–H groups in total. The second-order valence-corrected chi connectivity index (χ2v) is 12.3. The predicted molar refractivity (Wildman–Crippen MR) is 94.1 cm³/mol. The molecule has 1 aromatic rings. The van der Waals surface area contributed by atoms with E-state index in [-0.39, 0.29) is 16.9 Å². The molecule has 0 saturated carbocycles. The maximum atomic E-state index is 12.0. The van der Waals surface area contributed by atoms with E-state index in [4.69, 9.17) is 4.43 Å². The van der Waals surface area contributed by atoms with Crippen LogP contribution in [0.1, 0.15) is 32.8 Å². The van der Waals surface area contributed by atoms with E-state index < -0.39 is 8.32 Å². The molecule has 0 radical (unpaired) electrons. The smallest absolute Gasteiger partial charge is 0.192 e. The second-order valence-electron chi connectivity index (χ2n) is 7.51. The highest BCUT2D eigenvalue weighted by Gasteiger charge is 2.38. The quantitative estimate of drug-likeness (QED) is 0.854. The average molecular weight is 318 g/mol. The lowest BCUT2D eigenvalue weighted by molar-refractivity contribution is -0.115. The van der Waals surface area contributed by atoms with Gasteiger partial charge in [-0.2, -0.15) is 0 Å². The van der Waals surface area contributed by atoms with Gasteiger partial charge in [-0.05, 0) is 23.7 Å². The van der Waals surface area contributed by atoms with E-state index >= 15 is 0 Å². The van der Waals surface area contributed by atoms with E-state index in [1.165, 1.54) is 0 Å². The zero-order chi connectivity index (χ0) is 16.4. The van der Waals surface area contributed by atoms with E-state index in [2.05, 4.69) is 39.2 Å². The Morgan fingerprint density at radius 3 is 2.45 bits per heavy atom. The van der Waals surface area contributed by atoms with Crippen LogP contribution >= 0.6 is 0 Å². The van der Waals surface area contributed by atoms with Crippen molar-refractivity contribution in [2.75, 3.05) is 6.61 Å². The molecule has 0 spiro atoms. The molecule has 1 aromatic carbocycles. The van der Waals surface area contributed by atoms with Crippen molar-refractivity contribution in [1.82, 2.24) is 5.32 Å². The van der Waals surface area contributed by atoms with Gasteiger partial charge in [0.05, 0.1) is 12.6 Å². The lowest BCUT2D eigenvalue weighted by Gasteiger charge is -2.38. The summed E-state index contributed by atoms with van der Waals surface area (Å²) >= 11 is 0. The van der Waals surface area contributed by atoms with Crippen LogP contribution in [0.4, 0.5) is 0 Å². The number of ketones is 1. The van der Waals surface area contributed by atoms with Crippen molar-refractivity contribution in [3.63, 3.8) is 0 Å². The van der Waals surface area contributed by atoms with Gasteiger partial charge in [0.1, 0.15) is 0 Å². The summed E-state index contributed by atoms with van der Waals surface area (Å²) in [5, 5.41) is 3.65. The fourth-order valence-corrected chi connectivity index (χ4v) is 3.24. The maximum Gasteiger partial charge on any atom is 0.192 e. The molecule has 0 fully saturated rings. The van der Waals surface area contributed by atoms with Crippen LogP contribution in [0.2, 0.25) is 18.1 Å². The summed E-state index contributed by atoms with van der Waals surface area (Å²) in [6, 6.07) is 10.0. The Morgan fingerprint density at radius 1 is 1.23 bits per heavy atom. The third-order valence-electron chi connectivity index (χ3n) is 4.65. The number of benzene rings is 1. The molecule has 120 valence electrons. The van der Waals surface area contributed by atoms with Crippen LogP contribution in [0.5, 0.6) is 0 Å². The first-order valence-corrected chi connectivity index (χ1v) is 10.8. The highest BCUT2D eigenvalue weighted by molar-refractivity contribution is 6.74. The summed E-state index contributed by atoms with van der Waals surface area (Å²) in [5.41, 5.74) is 1.95. The van der Waals surface area contributed by atoms with E-state index in [9.17, 15) is 4.79 Å².